The monoisotopic (exact) mass is 527 g/mol. The molecule has 4 rings (SSSR count). The van der Waals surface area contributed by atoms with Crippen molar-refractivity contribution in [3.05, 3.63) is 65.0 Å². The van der Waals surface area contributed by atoms with Crippen LogP contribution in [0.5, 0.6) is 0 Å². The van der Waals surface area contributed by atoms with Crippen molar-refractivity contribution in [3.63, 3.8) is 0 Å². The van der Waals surface area contributed by atoms with Gasteiger partial charge >= 0.3 is 5.97 Å². The predicted octanol–water partition coefficient (Wildman–Crippen LogP) is 5.19. The van der Waals surface area contributed by atoms with Gasteiger partial charge in [0.1, 0.15) is 4.88 Å². The lowest BCUT2D eigenvalue weighted by Gasteiger charge is -2.34. The molecule has 10 heteroatoms. The molecule has 1 N–H and O–H groups in total. The number of aromatic nitrogens is 1. The molecule has 1 fully saturated rings. The number of benzene rings is 2. The van der Waals surface area contributed by atoms with E-state index in [0.29, 0.717) is 17.1 Å². The van der Waals surface area contributed by atoms with Crippen LogP contribution in [0.4, 0.5) is 5.13 Å². The number of ether oxygens (including phenoxy) is 1. The summed E-state index contributed by atoms with van der Waals surface area (Å²) in [5.74, 6) is -0.959. The highest BCUT2D eigenvalue weighted by Gasteiger charge is 2.32. The van der Waals surface area contributed by atoms with Crippen LogP contribution < -0.4 is 5.32 Å². The molecule has 0 bridgehead atoms. The molecule has 0 saturated carbocycles. The van der Waals surface area contributed by atoms with Gasteiger partial charge in [0.05, 0.1) is 17.2 Å². The third kappa shape index (κ3) is 5.50. The number of hydrogen-bond donors (Lipinski definition) is 1. The average molecular weight is 528 g/mol. The van der Waals surface area contributed by atoms with E-state index in [4.69, 9.17) is 4.74 Å². The van der Waals surface area contributed by atoms with Gasteiger partial charge in [-0.15, -0.1) is 0 Å². The number of carbonyl (C=O) groups is 2. The van der Waals surface area contributed by atoms with Crippen LogP contribution in [0.15, 0.2) is 59.5 Å². The van der Waals surface area contributed by atoms with Gasteiger partial charge in [-0.1, -0.05) is 55.0 Å². The van der Waals surface area contributed by atoms with Crippen molar-refractivity contribution in [2.75, 3.05) is 18.5 Å². The van der Waals surface area contributed by atoms with Gasteiger partial charge < -0.3 is 4.74 Å². The molecule has 190 valence electrons. The Morgan fingerprint density at radius 3 is 2.47 bits per heavy atom. The summed E-state index contributed by atoms with van der Waals surface area (Å²) in [6, 6.07) is 15.1. The predicted molar refractivity (Wildman–Crippen MR) is 140 cm³/mol. The maximum Gasteiger partial charge on any atom is 0.350 e. The van der Waals surface area contributed by atoms with Gasteiger partial charge in [0, 0.05) is 23.7 Å². The first-order valence-electron chi connectivity index (χ1n) is 12.0. The zero-order chi connectivity index (χ0) is 25.7. The first-order valence-corrected chi connectivity index (χ1v) is 14.3. The Balaban J connectivity index is 1.54. The highest BCUT2D eigenvalue weighted by molar-refractivity contribution is 7.89. The van der Waals surface area contributed by atoms with Crippen LogP contribution in [0.2, 0.25) is 0 Å². The van der Waals surface area contributed by atoms with E-state index in [-0.39, 0.29) is 28.2 Å². The van der Waals surface area contributed by atoms with Crippen molar-refractivity contribution in [2.45, 2.75) is 50.5 Å². The molecule has 1 amide bonds. The van der Waals surface area contributed by atoms with Gasteiger partial charge in [-0.3, -0.25) is 10.1 Å². The lowest BCUT2D eigenvalue weighted by molar-refractivity contribution is 0.0532. The number of anilines is 1. The van der Waals surface area contributed by atoms with Crippen molar-refractivity contribution < 1.29 is 22.7 Å². The Hall–Kier alpha value is -3.08. The van der Waals surface area contributed by atoms with Crippen LogP contribution in [0.1, 0.15) is 59.6 Å². The molecular formula is C26H29N3O5S2. The maximum atomic E-state index is 13.2. The fourth-order valence-corrected chi connectivity index (χ4v) is 6.93. The summed E-state index contributed by atoms with van der Waals surface area (Å²) in [4.78, 5) is 30.3. The highest BCUT2D eigenvalue weighted by Crippen LogP contribution is 2.32. The fourth-order valence-electron chi connectivity index (χ4n) is 4.28. The molecule has 1 aliphatic heterocycles. The van der Waals surface area contributed by atoms with E-state index in [1.807, 2.05) is 37.3 Å². The van der Waals surface area contributed by atoms with E-state index in [9.17, 15) is 18.0 Å². The first kappa shape index (κ1) is 26.0. The molecule has 0 spiro atoms. The average Bonchev–Trinajstić information content (AvgIpc) is 3.33. The van der Waals surface area contributed by atoms with Crippen LogP contribution in [0, 0.1) is 0 Å². The van der Waals surface area contributed by atoms with Crippen molar-refractivity contribution in [2.24, 2.45) is 0 Å². The number of carbonyl (C=O) groups excluding carboxylic acids is 2. The van der Waals surface area contributed by atoms with Crippen LogP contribution >= 0.6 is 11.3 Å². The van der Waals surface area contributed by atoms with Crippen molar-refractivity contribution in [1.29, 1.82) is 0 Å². The minimum absolute atomic E-state index is 0.00373. The quantitative estimate of drug-likeness (QED) is 0.404. The summed E-state index contributed by atoms with van der Waals surface area (Å²) in [5.41, 5.74) is 1.45. The van der Waals surface area contributed by atoms with Gasteiger partial charge in [0.2, 0.25) is 10.0 Å². The van der Waals surface area contributed by atoms with Gasteiger partial charge in [-0.25, -0.2) is 18.2 Å². The Morgan fingerprint density at radius 2 is 1.81 bits per heavy atom. The van der Waals surface area contributed by atoms with E-state index in [1.165, 1.54) is 24.3 Å². The topological polar surface area (TPSA) is 106 Å². The lowest BCUT2D eigenvalue weighted by Crippen LogP contribution is -2.43. The normalized spacial score (nSPS) is 16.4. The fraction of sp³-hybridized carbons (Fsp3) is 0.346. The van der Waals surface area contributed by atoms with Crippen molar-refractivity contribution in [1.82, 2.24) is 9.29 Å². The summed E-state index contributed by atoms with van der Waals surface area (Å²) in [6.45, 7) is 4.46. The molecule has 2 aromatic carbocycles. The number of thiazole rings is 1. The molecule has 36 heavy (non-hydrogen) atoms. The van der Waals surface area contributed by atoms with E-state index >= 15 is 0 Å². The second kappa shape index (κ2) is 11.3. The number of amides is 1. The standard InChI is InChI=1S/C26H29N3O5S2/c1-3-20-12-8-9-17-29(20)36(32,33)21-15-13-19(14-16-21)24(30)28-26-27-22(18-10-6-5-7-11-18)23(35-26)25(31)34-4-2/h5-7,10-11,13-16,20H,3-4,8-9,12,17H2,1-2H3,(H,27,28,30). The summed E-state index contributed by atoms with van der Waals surface area (Å²) in [7, 11) is -3.63. The molecule has 1 saturated heterocycles. The zero-order valence-corrected chi connectivity index (χ0v) is 21.9. The van der Waals surface area contributed by atoms with E-state index in [1.54, 1.807) is 11.2 Å². The first-order chi connectivity index (χ1) is 17.3. The van der Waals surface area contributed by atoms with Crippen molar-refractivity contribution >= 4 is 38.4 Å². The Kier molecular flexibility index (Phi) is 8.17. The second-order valence-electron chi connectivity index (χ2n) is 8.44. The van der Waals surface area contributed by atoms with Crippen LogP contribution in [0.3, 0.4) is 0 Å². The van der Waals surface area contributed by atoms with Gasteiger partial charge in [-0.05, 0) is 50.5 Å². The minimum atomic E-state index is -3.63. The van der Waals surface area contributed by atoms with Gasteiger partial charge in [-0.2, -0.15) is 4.31 Å². The summed E-state index contributed by atoms with van der Waals surface area (Å²) in [6.07, 6.45) is 3.52. The third-order valence-electron chi connectivity index (χ3n) is 6.12. The Bertz CT molecular complexity index is 1320. The van der Waals surface area contributed by atoms with Crippen LogP contribution in [0.25, 0.3) is 11.3 Å². The third-order valence-corrected chi connectivity index (χ3v) is 9.04. The molecule has 1 atom stereocenters. The molecule has 1 unspecified atom stereocenters. The lowest BCUT2D eigenvalue weighted by atomic mass is 10.0. The molecule has 2 heterocycles. The molecule has 0 aliphatic carbocycles. The molecule has 3 aromatic rings. The molecule has 0 radical (unpaired) electrons. The smallest absolute Gasteiger partial charge is 0.350 e. The number of piperidine rings is 1. The number of nitrogens with one attached hydrogen (secondary N) is 1. The van der Waals surface area contributed by atoms with Gasteiger partial charge in [0.15, 0.2) is 5.13 Å². The largest absolute Gasteiger partial charge is 0.462 e. The number of rotatable bonds is 8. The van der Waals surface area contributed by atoms with E-state index in [0.717, 1.165) is 42.6 Å². The molecule has 8 nitrogen and oxygen atoms in total. The van der Waals surface area contributed by atoms with E-state index in [2.05, 4.69) is 10.3 Å². The minimum Gasteiger partial charge on any atom is -0.462 e. The second-order valence-corrected chi connectivity index (χ2v) is 11.3. The number of hydrogen-bond acceptors (Lipinski definition) is 7. The van der Waals surface area contributed by atoms with Crippen LogP contribution in [-0.4, -0.2) is 48.8 Å². The summed E-state index contributed by atoms with van der Waals surface area (Å²) in [5, 5.41) is 2.97. The molecule has 1 aromatic heterocycles. The SMILES string of the molecule is CCOC(=O)c1sc(NC(=O)c2ccc(S(=O)(=O)N3CCCCC3CC)cc2)nc1-c1ccccc1. The molecule has 1 aliphatic rings. The van der Waals surface area contributed by atoms with Crippen LogP contribution in [-0.2, 0) is 14.8 Å². The highest BCUT2D eigenvalue weighted by atomic mass is 32.2. The van der Waals surface area contributed by atoms with Gasteiger partial charge in [0.25, 0.3) is 5.91 Å². The molecular weight excluding hydrogens is 498 g/mol. The Labute approximate surface area is 215 Å². The van der Waals surface area contributed by atoms with Crippen molar-refractivity contribution in [3.8, 4) is 11.3 Å². The van der Waals surface area contributed by atoms with E-state index < -0.39 is 21.9 Å². The Morgan fingerprint density at radius 1 is 1.08 bits per heavy atom. The number of sulfonamides is 1. The summed E-state index contributed by atoms with van der Waals surface area (Å²) >= 11 is 1.03. The number of esters is 1. The number of nitrogens with zero attached hydrogens (tertiary/aromatic N) is 2. The maximum absolute atomic E-state index is 13.2. The zero-order valence-electron chi connectivity index (χ0n) is 20.3. The summed E-state index contributed by atoms with van der Waals surface area (Å²) < 4.78 is 33.1.